The molecule has 90 valence electrons. The summed E-state index contributed by atoms with van der Waals surface area (Å²) in [6, 6.07) is 2.54. The predicted octanol–water partition coefficient (Wildman–Crippen LogP) is 3.93. The minimum atomic E-state index is -0.616. The van der Waals surface area contributed by atoms with Crippen molar-refractivity contribution in [3.05, 3.63) is 50.7 Å². The van der Waals surface area contributed by atoms with Gasteiger partial charge in [-0.05, 0) is 35.0 Å². The van der Waals surface area contributed by atoms with Gasteiger partial charge in [-0.3, -0.25) is 4.68 Å². The molecule has 2 nitrogen and oxygen atoms in total. The number of aromatic nitrogens is 2. The van der Waals surface area contributed by atoms with Crippen LogP contribution in [0.1, 0.15) is 11.3 Å². The molecule has 0 aliphatic carbocycles. The summed E-state index contributed by atoms with van der Waals surface area (Å²) in [6.45, 7) is 1.73. The van der Waals surface area contributed by atoms with Crippen LogP contribution in [-0.4, -0.2) is 9.78 Å². The fraction of sp³-hybridized carbons (Fsp3) is 0.182. The highest BCUT2D eigenvalue weighted by atomic mass is 79.9. The molecule has 0 fully saturated rings. The normalized spacial score (nSPS) is 10.9. The van der Waals surface area contributed by atoms with Gasteiger partial charge in [-0.2, -0.15) is 5.10 Å². The van der Waals surface area contributed by atoms with Gasteiger partial charge in [-0.25, -0.2) is 8.78 Å². The van der Waals surface area contributed by atoms with Crippen molar-refractivity contribution in [2.75, 3.05) is 0 Å². The van der Waals surface area contributed by atoms with Crippen LogP contribution in [0.5, 0.6) is 0 Å². The second-order valence-electron chi connectivity index (χ2n) is 3.58. The van der Waals surface area contributed by atoms with E-state index in [1.54, 1.807) is 6.92 Å². The van der Waals surface area contributed by atoms with Crippen molar-refractivity contribution < 1.29 is 8.78 Å². The molecule has 0 bridgehead atoms. The lowest BCUT2D eigenvalue weighted by Gasteiger charge is -2.06. The summed E-state index contributed by atoms with van der Waals surface area (Å²) in [7, 11) is 0. The fourth-order valence-corrected chi connectivity index (χ4v) is 1.97. The number of benzene rings is 1. The molecule has 17 heavy (non-hydrogen) atoms. The van der Waals surface area contributed by atoms with E-state index in [0.29, 0.717) is 10.7 Å². The van der Waals surface area contributed by atoms with E-state index in [1.165, 1.54) is 23.0 Å². The van der Waals surface area contributed by atoms with Gasteiger partial charge in [0.05, 0.1) is 21.7 Å². The lowest BCUT2D eigenvalue weighted by Crippen LogP contribution is -2.06. The van der Waals surface area contributed by atoms with Crippen molar-refractivity contribution in [3.8, 4) is 0 Å². The summed E-state index contributed by atoms with van der Waals surface area (Å²) in [4.78, 5) is 0. The van der Waals surface area contributed by atoms with Gasteiger partial charge >= 0.3 is 0 Å². The molecular formula is C11H8BrClF2N2. The van der Waals surface area contributed by atoms with Crippen LogP contribution in [0.2, 0.25) is 5.02 Å². The highest BCUT2D eigenvalue weighted by Crippen LogP contribution is 2.23. The van der Waals surface area contributed by atoms with Crippen LogP contribution in [0.4, 0.5) is 8.78 Å². The molecule has 0 spiro atoms. The van der Waals surface area contributed by atoms with Crippen LogP contribution >= 0.6 is 27.5 Å². The first-order chi connectivity index (χ1) is 7.99. The van der Waals surface area contributed by atoms with Crippen molar-refractivity contribution in [2.45, 2.75) is 13.5 Å². The number of hydrogen-bond acceptors (Lipinski definition) is 1. The molecule has 1 heterocycles. The van der Waals surface area contributed by atoms with Gasteiger partial charge in [0, 0.05) is 11.8 Å². The van der Waals surface area contributed by atoms with Gasteiger partial charge in [0.2, 0.25) is 0 Å². The summed E-state index contributed by atoms with van der Waals surface area (Å²) in [6.07, 6.45) is 1.54. The van der Waals surface area contributed by atoms with E-state index in [2.05, 4.69) is 21.0 Å². The number of halogens is 4. The maximum Gasteiger partial charge on any atom is 0.145 e. The average Bonchev–Trinajstić information content (AvgIpc) is 2.59. The minimum absolute atomic E-state index is 0.00463. The largest absolute Gasteiger partial charge is 0.266 e. The molecule has 1 aromatic heterocycles. The SMILES string of the molecule is Cc1nn(Cc2c(F)ccc(Br)c2F)cc1Cl. The Kier molecular flexibility index (Phi) is 3.49. The maximum absolute atomic E-state index is 13.7. The highest BCUT2D eigenvalue weighted by molar-refractivity contribution is 9.10. The van der Waals surface area contributed by atoms with E-state index < -0.39 is 11.6 Å². The zero-order valence-electron chi connectivity index (χ0n) is 8.85. The number of hydrogen-bond donors (Lipinski definition) is 0. The van der Waals surface area contributed by atoms with Crippen molar-refractivity contribution in [2.24, 2.45) is 0 Å². The zero-order valence-corrected chi connectivity index (χ0v) is 11.2. The Hall–Kier alpha value is -0.940. The Morgan fingerprint density at radius 3 is 2.71 bits per heavy atom. The fourth-order valence-electron chi connectivity index (χ4n) is 1.45. The van der Waals surface area contributed by atoms with E-state index in [4.69, 9.17) is 11.6 Å². The van der Waals surface area contributed by atoms with Gasteiger partial charge in [-0.1, -0.05) is 11.6 Å². The van der Waals surface area contributed by atoms with Crippen molar-refractivity contribution in [3.63, 3.8) is 0 Å². The van der Waals surface area contributed by atoms with E-state index in [9.17, 15) is 8.78 Å². The summed E-state index contributed by atoms with van der Waals surface area (Å²) in [5, 5.41) is 4.53. The van der Waals surface area contributed by atoms with Crippen LogP contribution in [0.15, 0.2) is 22.8 Å². The number of nitrogens with zero attached hydrogens (tertiary/aromatic N) is 2. The van der Waals surface area contributed by atoms with Crippen LogP contribution in [0.25, 0.3) is 0 Å². The van der Waals surface area contributed by atoms with Gasteiger partial charge in [-0.15, -0.1) is 0 Å². The lowest BCUT2D eigenvalue weighted by molar-refractivity contribution is 0.528. The average molecular weight is 322 g/mol. The molecule has 0 atom stereocenters. The summed E-state index contributed by atoms with van der Waals surface area (Å²) >= 11 is 8.84. The van der Waals surface area contributed by atoms with Gasteiger partial charge in [0.15, 0.2) is 0 Å². The minimum Gasteiger partial charge on any atom is -0.266 e. The second kappa shape index (κ2) is 4.74. The molecule has 6 heteroatoms. The van der Waals surface area contributed by atoms with Crippen LogP contribution in [0.3, 0.4) is 0 Å². The van der Waals surface area contributed by atoms with Gasteiger partial charge < -0.3 is 0 Å². The zero-order chi connectivity index (χ0) is 12.6. The Balaban J connectivity index is 2.39. The third-order valence-electron chi connectivity index (χ3n) is 2.35. The Morgan fingerprint density at radius 1 is 1.41 bits per heavy atom. The van der Waals surface area contributed by atoms with Crippen LogP contribution < -0.4 is 0 Å². The predicted molar refractivity (Wildman–Crippen MR) is 65.1 cm³/mol. The number of rotatable bonds is 2. The van der Waals surface area contributed by atoms with Gasteiger partial charge in [0.25, 0.3) is 0 Å². The van der Waals surface area contributed by atoms with Crippen molar-refractivity contribution in [1.29, 1.82) is 0 Å². The van der Waals surface area contributed by atoms with Crippen LogP contribution in [0, 0.1) is 18.6 Å². The van der Waals surface area contributed by atoms with Gasteiger partial charge in [0.1, 0.15) is 11.6 Å². The first-order valence-electron chi connectivity index (χ1n) is 4.81. The van der Waals surface area contributed by atoms with Crippen molar-refractivity contribution >= 4 is 27.5 Å². The van der Waals surface area contributed by atoms with Crippen LogP contribution in [-0.2, 0) is 6.54 Å². The molecule has 0 saturated heterocycles. The molecule has 0 aliphatic rings. The Bertz CT molecular complexity index is 549. The van der Waals surface area contributed by atoms with Crippen molar-refractivity contribution in [1.82, 2.24) is 9.78 Å². The molecule has 1 aromatic carbocycles. The molecule has 0 amide bonds. The summed E-state index contributed by atoms with van der Waals surface area (Å²) < 4.78 is 28.8. The second-order valence-corrected chi connectivity index (χ2v) is 4.84. The van der Waals surface area contributed by atoms with E-state index >= 15 is 0 Å². The first-order valence-corrected chi connectivity index (χ1v) is 5.98. The molecule has 0 N–H and O–H groups in total. The smallest absolute Gasteiger partial charge is 0.145 e. The summed E-state index contributed by atoms with van der Waals surface area (Å²) in [5.41, 5.74) is 0.584. The molecule has 2 aromatic rings. The third-order valence-corrected chi connectivity index (χ3v) is 3.33. The topological polar surface area (TPSA) is 17.8 Å². The highest BCUT2D eigenvalue weighted by Gasteiger charge is 2.13. The molecular weight excluding hydrogens is 313 g/mol. The molecule has 0 aliphatic heterocycles. The monoisotopic (exact) mass is 320 g/mol. The quantitative estimate of drug-likeness (QED) is 0.766. The third kappa shape index (κ3) is 2.50. The Labute approximate surface area is 110 Å². The van der Waals surface area contributed by atoms with E-state index in [0.717, 1.165) is 0 Å². The molecule has 2 rings (SSSR count). The molecule has 0 radical (unpaired) electrons. The lowest BCUT2D eigenvalue weighted by atomic mass is 10.2. The van der Waals surface area contributed by atoms with E-state index in [1.807, 2.05) is 0 Å². The standard InChI is InChI=1S/C11H8BrClF2N2/c1-6-9(13)5-17(16-6)4-7-10(14)3-2-8(12)11(7)15/h2-3,5H,4H2,1H3. The molecule has 0 unspecified atom stereocenters. The number of aryl methyl sites for hydroxylation is 1. The first kappa shape index (κ1) is 12.5. The maximum atomic E-state index is 13.7. The molecule has 0 saturated carbocycles. The summed E-state index contributed by atoms with van der Waals surface area (Å²) in [5.74, 6) is -1.22. The van der Waals surface area contributed by atoms with E-state index in [-0.39, 0.29) is 16.6 Å². The Morgan fingerprint density at radius 2 is 2.12 bits per heavy atom.